The number of rotatable bonds is 8. The lowest BCUT2D eigenvalue weighted by Crippen LogP contribution is -2.33. The monoisotopic (exact) mass is 557 g/mol. The first-order valence-electron chi connectivity index (χ1n) is 12.2. The largest absolute Gasteiger partial charge is 0.442 e. The van der Waals surface area contributed by atoms with Gasteiger partial charge in [-0.3, -0.25) is 9.69 Å². The van der Waals surface area contributed by atoms with E-state index in [1.54, 1.807) is 41.0 Å². The Kier molecular flexibility index (Phi) is 7.24. The molecule has 208 valence electrons. The molecule has 2 aromatic carbocycles. The van der Waals surface area contributed by atoms with Gasteiger partial charge in [0.05, 0.1) is 31.6 Å². The number of fused-ring (bicyclic) bond motifs is 1. The Morgan fingerprint density at radius 3 is 2.60 bits per heavy atom. The Morgan fingerprint density at radius 1 is 1.12 bits per heavy atom. The third kappa shape index (κ3) is 5.95. The molecule has 0 spiro atoms. The number of ether oxygens (including phenoxy) is 1. The van der Waals surface area contributed by atoms with Gasteiger partial charge in [-0.25, -0.2) is 24.1 Å². The molecule has 10 nitrogen and oxygen atoms in total. The number of nitrogens with one attached hydrogen (secondary N) is 2. The number of nitrogens with zero attached hydrogens (tertiary/aromatic N) is 5. The van der Waals surface area contributed by atoms with Gasteiger partial charge < -0.3 is 19.9 Å². The number of hydrogen-bond donors (Lipinski definition) is 2. The fourth-order valence-corrected chi connectivity index (χ4v) is 4.30. The highest BCUT2D eigenvalue weighted by molar-refractivity contribution is 5.90. The van der Waals surface area contributed by atoms with E-state index in [1.807, 2.05) is 0 Å². The molecule has 3 heterocycles. The second-order valence-electron chi connectivity index (χ2n) is 9.15. The van der Waals surface area contributed by atoms with Gasteiger partial charge in [-0.2, -0.15) is 13.2 Å². The average molecular weight is 558 g/mol. The number of alkyl halides is 3. The zero-order valence-corrected chi connectivity index (χ0v) is 21.1. The summed E-state index contributed by atoms with van der Waals surface area (Å²) in [7, 11) is 0. The number of aromatic nitrogens is 4. The molecule has 0 bridgehead atoms. The second-order valence-corrected chi connectivity index (χ2v) is 9.15. The highest BCUT2D eigenvalue weighted by Crippen LogP contribution is 2.30. The van der Waals surface area contributed by atoms with Crippen LogP contribution in [0.25, 0.3) is 22.3 Å². The fourth-order valence-electron chi connectivity index (χ4n) is 4.30. The molecule has 1 fully saturated rings. The van der Waals surface area contributed by atoms with Gasteiger partial charge in [0.2, 0.25) is 5.91 Å². The molecule has 1 atom stereocenters. The molecule has 2 amide bonds. The van der Waals surface area contributed by atoms with Crippen molar-refractivity contribution in [2.45, 2.75) is 25.7 Å². The molecular weight excluding hydrogens is 534 g/mol. The van der Waals surface area contributed by atoms with E-state index in [1.165, 1.54) is 30.5 Å². The Morgan fingerprint density at radius 2 is 1.90 bits per heavy atom. The van der Waals surface area contributed by atoms with Crippen molar-refractivity contribution >= 4 is 34.7 Å². The summed E-state index contributed by atoms with van der Waals surface area (Å²) in [6.07, 6.45) is -2.92. The Hall–Kier alpha value is -4.75. The van der Waals surface area contributed by atoms with Crippen LogP contribution in [0.3, 0.4) is 0 Å². The summed E-state index contributed by atoms with van der Waals surface area (Å²) < 4.78 is 59.8. The van der Waals surface area contributed by atoms with Crippen molar-refractivity contribution in [3.63, 3.8) is 0 Å². The van der Waals surface area contributed by atoms with E-state index in [0.29, 0.717) is 29.0 Å². The average Bonchev–Trinajstić information content (AvgIpc) is 3.49. The van der Waals surface area contributed by atoms with E-state index in [-0.39, 0.29) is 30.3 Å². The third-order valence-corrected chi connectivity index (χ3v) is 6.19. The van der Waals surface area contributed by atoms with Crippen LogP contribution in [-0.2, 0) is 16.1 Å². The van der Waals surface area contributed by atoms with E-state index in [2.05, 4.69) is 25.6 Å². The van der Waals surface area contributed by atoms with Gasteiger partial charge in [0.1, 0.15) is 30.3 Å². The van der Waals surface area contributed by atoms with Gasteiger partial charge >= 0.3 is 12.3 Å². The quantitative estimate of drug-likeness (QED) is 0.314. The van der Waals surface area contributed by atoms with E-state index in [0.717, 1.165) is 5.56 Å². The SMILES string of the molecule is CC(=O)NCC1CN(c2ccc(-c3ccc(Cn4cnc5c(NCC(F)(F)F)ncnc54)cc3)c(F)c2)C(=O)O1. The van der Waals surface area contributed by atoms with E-state index in [9.17, 15) is 22.8 Å². The number of carbonyl (C=O) groups excluding carboxylic acids is 2. The highest BCUT2D eigenvalue weighted by Gasteiger charge is 2.33. The van der Waals surface area contributed by atoms with Crippen molar-refractivity contribution in [2.75, 3.05) is 29.9 Å². The van der Waals surface area contributed by atoms with Gasteiger partial charge in [-0.1, -0.05) is 24.3 Å². The lowest BCUT2D eigenvalue weighted by atomic mass is 10.0. The Balaban J connectivity index is 1.28. The number of imidazole rings is 1. The van der Waals surface area contributed by atoms with Crippen LogP contribution in [0.5, 0.6) is 0 Å². The molecule has 0 aliphatic carbocycles. The maximum Gasteiger partial charge on any atom is 0.414 e. The topological polar surface area (TPSA) is 114 Å². The summed E-state index contributed by atoms with van der Waals surface area (Å²) in [6.45, 7) is 0.794. The first-order valence-corrected chi connectivity index (χ1v) is 12.2. The fraction of sp³-hybridized carbons (Fsp3) is 0.269. The maximum absolute atomic E-state index is 15.1. The molecule has 2 N–H and O–H groups in total. The van der Waals surface area contributed by atoms with E-state index in [4.69, 9.17) is 4.74 Å². The normalized spacial score (nSPS) is 15.4. The zero-order chi connectivity index (χ0) is 28.4. The zero-order valence-electron chi connectivity index (χ0n) is 21.1. The first kappa shape index (κ1) is 26.8. The Bertz CT molecular complexity index is 1560. The predicted molar refractivity (Wildman–Crippen MR) is 137 cm³/mol. The van der Waals surface area contributed by atoms with Crippen LogP contribution in [0.15, 0.2) is 55.1 Å². The van der Waals surface area contributed by atoms with E-state index < -0.39 is 30.7 Å². The van der Waals surface area contributed by atoms with Crippen LogP contribution < -0.4 is 15.5 Å². The van der Waals surface area contributed by atoms with Gasteiger partial charge in [-0.15, -0.1) is 0 Å². The smallest absolute Gasteiger partial charge is 0.414 e. The van der Waals surface area contributed by atoms with Crippen molar-refractivity contribution < 1.29 is 31.9 Å². The van der Waals surface area contributed by atoms with Gasteiger partial charge in [0, 0.05) is 12.5 Å². The molecule has 1 unspecified atom stereocenters. The minimum absolute atomic E-state index is 0.0132. The number of hydrogen-bond acceptors (Lipinski definition) is 7. The summed E-state index contributed by atoms with van der Waals surface area (Å²) in [5.41, 5.74) is 2.69. The molecule has 1 aliphatic heterocycles. The first-order chi connectivity index (χ1) is 19.1. The van der Waals surface area contributed by atoms with Crippen molar-refractivity contribution in [1.29, 1.82) is 0 Å². The molecule has 1 saturated heterocycles. The minimum Gasteiger partial charge on any atom is -0.442 e. The third-order valence-electron chi connectivity index (χ3n) is 6.19. The molecule has 4 aromatic rings. The predicted octanol–water partition coefficient (Wildman–Crippen LogP) is 4.12. The molecule has 5 rings (SSSR count). The van der Waals surface area contributed by atoms with Gasteiger partial charge in [-0.05, 0) is 29.3 Å². The number of carbonyl (C=O) groups is 2. The van der Waals surface area contributed by atoms with Gasteiger partial charge in [0.15, 0.2) is 11.5 Å². The summed E-state index contributed by atoms with van der Waals surface area (Å²) in [4.78, 5) is 36.8. The number of cyclic esters (lactones) is 1. The molecule has 0 saturated carbocycles. The molecule has 2 aromatic heterocycles. The number of amides is 2. The molecular formula is C26H23F4N7O3. The van der Waals surface area contributed by atoms with Crippen LogP contribution >= 0.6 is 0 Å². The number of anilines is 2. The standard InChI is InChI=1S/C26H23F4N7O3/c1-15(38)31-9-19-11-37(25(39)40-19)18-6-7-20(21(27)8-18)17-4-2-16(3-5-17)10-36-14-35-22-23(32-12-26(28,29)30)33-13-34-24(22)36/h2-8,13-14,19H,9-12H2,1H3,(H,31,38)(H,32,33,34). The second kappa shape index (κ2) is 10.8. The summed E-state index contributed by atoms with van der Waals surface area (Å²) in [6, 6.07) is 11.5. The maximum atomic E-state index is 15.1. The van der Waals surface area contributed by atoms with Crippen LogP contribution in [0.4, 0.5) is 33.9 Å². The molecule has 0 radical (unpaired) electrons. The van der Waals surface area contributed by atoms with E-state index >= 15 is 4.39 Å². The molecule has 1 aliphatic rings. The van der Waals surface area contributed by atoms with Crippen LogP contribution in [0, 0.1) is 5.82 Å². The Labute approximate surface area is 225 Å². The lowest BCUT2D eigenvalue weighted by Gasteiger charge is -2.15. The van der Waals surface area contributed by atoms with Crippen molar-refractivity contribution in [1.82, 2.24) is 24.8 Å². The van der Waals surface area contributed by atoms with Crippen molar-refractivity contribution in [3.05, 3.63) is 66.5 Å². The molecule has 40 heavy (non-hydrogen) atoms. The van der Waals surface area contributed by atoms with Crippen LogP contribution in [0.2, 0.25) is 0 Å². The summed E-state index contributed by atoms with van der Waals surface area (Å²) >= 11 is 0. The summed E-state index contributed by atoms with van der Waals surface area (Å²) in [5, 5.41) is 4.83. The number of halogens is 4. The summed E-state index contributed by atoms with van der Waals surface area (Å²) in [5.74, 6) is -0.783. The van der Waals surface area contributed by atoms with Gasteiger partial charge in [0.25, 0.3) is 0 Å². The van der Waals surface area contributed by atoms with Crippen LogP contribution in [-0.4, -0.2) is 63.4 Å². The number of benzene rings is 2. The minimum atomic E-state index is -4.40. The lowest BCUT2D eigenvalue weighted by molar-refractivity contribution is -0.119. The van der Waals surface area contributed by atoms with Crippen molar-refractivity contribution in [2.24, 2.45) is 0 Å². The van der Waals surface area contributed by atoms with Crippen molar-refractivity contribution in [3.8, 4) is 11.1 Å². The molecule has 14 heteroatoms. The highest BCUT2D eigenvalue weighted by atomic mass is 19.4. The van der Waals surface area contributed by atoms with Crippen LogP contribution in [0.1, 0.15) is 12.5 Å².